The van der Waals surface area contributed by atoms with Crippen molar-refractivity contribution in [2.24, 2.45) is 4.99 Å². The molecule has 0 bridgehead atoms. The molecule has 2 rings (SSSR count). The fourth-order valence-corrected chi connectivity index (χ4v) is 2.49. The van der Waals surface area contributed by atoms with Crippen LogP contribution >= 0.6 is 11.3 Å². The summed E-state index contributed by atoms with van der Waals surface area (Å²) in [5.74, 6) is 0.598. The van der Waals surface area contributed by atoms with E-state index in [-0.39, 0.29) is 5.88 Å². The maximum absolute atomic E-state index is 12.1. The van der Waals surface area contributed by atoms with Gasteiger partial charge in [-0.05, 0) is 23.9 Å². The Morgan fingerprint density at radius 2 is 2.12 bits per heavy atom. The zero-order valence-electron chi connectivity index (χ0n) is 13.6. The van der Waals surface area contributed by atoms with Gasteiger partial charge in [0, 0.05) is 23.7 Å². The van der Waals surface area contributed by atoms with Crippen LogP contribution in [-0.4, -0.2) is 30.3 Å². The lowest BCUT2D eigenvalue weighted by atomic mass is 10.3. The number of hydrogen-bond acceptors (Lipinski definition) is 4. The summed E-state index contributed by atoms with van der Waals surface area (Å²) in [5, 5.41) is 8.37. The summed E-state index contributed by atoms with van der Waals surface area (Å²) in [6.07, 6.45) is -2.92. The molecule has 2 aromatic heterocycles. The fraction of sp³-hybridized carbons (Fsp3) is 0.375. The Kier molecular flexibility index (Phi) is 7.05. The average Bonchev–Trinajstić information content (AvgIpc) is 3.09. The normalized spacial score (nSPS) is 12.1. The molecular weight excluding hydrogens is 353 g/mol. The maximum atomic E-state index is 12.1. The Morgan fingerprint density at radius 3 is 2.72 bits per heavy atom. The predicted octanol–water partition coefficient (Wildman–Crippen LogP) is 3.34. The van der Waals surface area contributed by atoms with Gasteiger partial charge < -0.3 is 15.4 Å². The second-order valence-electron chi connectivity index (χ2n) is 5.04. The zero-order valence-corrected chi connectivity index (χ0v) is 14.5. The van der Waals surface area contributed by atoms with E-state index in [0.717, 1.165) is 12.1 Å². The van der Waals surface area contributed by atoms with Gasteiger partial charge in [-0.15, -0.1) is 11.3 Å². The predicted molar refractivity (Wildman–Crippen MR) is 91.8 cm³/mol. The maximum Gasteiger partial charge on any atom is 0.422 e. The van der Waals surface area contributed by atoms with Gasteiger partial charge in [0.15, 0.2) is 12.6 Å². The number of ether oxygens (including phenoxy) is 1. The first kappa shape index (κ1) is 19.0. The molecule has 2 aromatic rings. The van der Waals surface area contributed by atoms with Crippen molar-refractivity contribution in [3.05, 3.63) is 46.3 Å². The van der Waals surface area contributed by atoms with Gasteiger partial charge in [0.2, 0.25) is 5.88 Å². The first-order valence-corrected chi connectivity index (χ1v) is 8.53. The highest BCUT2D eigenvalue weighted by Gasteiger charge is 2.28. The largest absolute Gasteiger partial charge is 0.468 e. The summed E-state index contributed by atoms with van der Waals surface area (Å²) in [5.41, 5.74) is 0.771. The van der Waals surface area contributed by atoms with Crippen molar-refractivity contribution < 1.29 is 17.9 Å². The van der Waals surface area contributed by atoms with Crippen LogP contribution < -0.4 is 15.4 Å². The van der Waals surface area contributed by atoms with Crippen molar-refractivity contribution in [2.45, 2.75) is 26.2 Å². The molecule has 136 valence electrons. The average molecular weight is 372 g/mol. The molecule has 0 amide bonds. The van der Waals surface area contributed by atoms with Crippen molar-refractivity contribution in [3.63, 3.8) is 0 Å². The van der Waals surface area contributed by atoms with E-state index < -0.39 is 12.8 Å². The standard InChI is InChI=1S/C16H19F3N4OS/c1-2-20-15(23-10-13-4-3-7-25-13)22-9-12-5-6-14(21-8-12)24-11-16(17,18)19/h3-8H,2,9-11H2,1H3,(H2,20,22,23). The number of aliphatic imine (C=N–C) groups is 1. The van der Waals surface area contributed by atoms with Crippen LogP contribution in [0.2, 0.25) is 0 Å². The van der Waals surface area contributed by atoms with Crippen molar-refractivity contribution in [1.29, 1.82) is 0 Å². The van der Waals surface area contributed by atoms with Gasteiger partial charge in [-0.25, -0.2) is 9.98 Å². The van der Waals surface area contributed by atoms with Crippen molar-refractivity contribution in [1.82, 2.24) is 15.6 Å². The molecule has 25 heavy (non-hydrogen) atoms. The SMILES string of the molecule is CCNC(=NCc1ccc(OCC(F)(F)F)nc1)NCc1cccs1. The molecular formula is C16H19F3N4OS. The van der Waals surface area contributed by atoms with Gasteiger partial charge in [-0.1, -0.05) is 12.1 Å². The molecule has 0 aliphatic rings. The molecule has 2 heterocycles. The number of rotatable bonds is 7. The van der Waals surface area contributed by atoms with E-state index in [1.807, 2.05) is 24.4 Å². The number of thiophene rings is 1. The monoisotopic (exact) mass is 372 g/mol. The van der Waals surface area contributed by atoms with E-state index in [2.05, 4.69) is 25.3 Å². The Balaban J connectivity index is 1.88. The van der Waals surface area contributed by atoms with Crippen LogP contribution in [0, 0.1) is 0 Å². The van der Waals surface area contributed by atoms with Crippen LogP contribution in [0.5, 0.6) is 5.88 Å². The van der Waals surface area contributed by atoms with E-state index in [4.69, 9.17) is 0 Å². The number of alkyl halides is 3. The van der Waals surface area contributed by atoms with Gasteiger partial charge in [0.25, 0.3) is 0 Å². The van der Waals surface area contributed by atoms with Crippen molar-refractivity contribution in [2.75, 3.05) is 13.2 Å². The third-order valence-electron chi connectivity index (χ3n) is 2.96. The number of guanidine groups is 1. The van der Waals surface area contributed by atoms with E-state index in [9.17, 15) is 13.2 Å². The first-order chi connectivity index (χ1) is 12.0. The number of pyridine rings is 1. The third-order valence-corrected chi connectivity index (χ3v) is 3.83. The number of nitrogens with one attached hydrogen (secondary N) is 2. The van der Waals surface area contributed by atoms with Crippen LogP contribution in [0.25, 0.3) is 0 Å². The molecule has 2 N–H and O–H groups in total. The summed E-state index contributed by atoms with van der Waals surface area (Å²) < 4.78 is 40.9. The number of hydrogen-bond donors (Lipinski definition) is 2. The second kappa shape index (κ2) is 9.26. The molecule has 0 aliphatic carbocycles. The first-order valence-electron chi connectivity index (χ1n) is 7.65. The molecule has 0 fully saturated rings. The van der Waals surface area contributed by atoms with Crippen LogP contribution in [0.1, 0.15) is 17.4 Å². The van der Waals surface area contributed by atoms with Crippen LogP contribution in [0.15, 0.2) is 40.8 Å². The molecule has 5 nitrogen and oxygen atoms in total. The van der Waals surface area contributed by atoms with Crippen LogP contribution in [0.3, 0.4) is 0 Å². The van der Waals surface area contributed by atoms with E-state index in [1.54, 1.807) is 17.4 Å². The van der Waals surface area contributed by atoms with E-state index >= 15 is 0 Å². The minimum atomic E-state index is -4.38. The summed E-state index contributed by atoms with van der Waals surface area (Å²) in [6, 6.07) is 7.07. The van der Waals surface area contributed by atoms with Crippen LogP contribution in [0.4, 0.5) is 13.2 Å². The quantitative estimate of drug-likeness (QED) is 0.578. The van der Waals surface area contributed by atoms with Gasteiger partial charge in [-0.2, -0.15) is 13.2 Å². The molecule has 0 saturated carbocycles. The molecule has 0 aromatic carbocycles. The van der Waals surface area contributed by atoms with E-state index in [0.29, 0.717) is 19.0 Å². The van der Waals surface area contributed by atoms with Crippen molar-refractivity contribution >= 4 is 17.3 Å². The molecule has 0 unspecified atom stereocenters. The summed E-state index contributed by atoms with van der Waals surface area (Å²) >= 11 is 1.66. The molecule has 9 heteroatoms. The highest BCUT2D eigenvalue weighted by Crippen LogP contribution is 2.17. The summed E-state index contributed by atoms with van der Waals surface area (Å²) in [7, 11) is 0. The third kappa shape index (κ3) is 7.42. The fourth-order valence-electron chi connectivity index (χ4n) is 1.84. The highest BCUT2D eigenvalue weighted by atomic mass is 32.1. The minimum Gasteiger partial charge on any atom is -0.468 e. The molecule has 0 radical (unpaired) electrons. The Bertz CT molecular complexity index is 657. The lowest BCUT2D eigenvalue weighted by Gasteiger charge is -2.11. The molecule has 0 aliphatic heterocycles. The lowest BCUT2D eigenvalue weighted by Crippen LogP contribution is -2.36. The van der Waals surface area contributed by atoms with Gasteiger partial charge in [0.1, 0.15) is 0 Å². The van der Waals surface area contributed by atoms with E-state index in [1.165, 1.54) is 17.1 Å². The summed E-state index contributed by atoms with van der Waals surface area (Å²) in [4.78, 5) is 9.49. The lowest BCUT2D eigenvalue weighted by molar-refractivity contribution is -0.154. The number of halogens is 3. The molecule has 0 spiro atoms. The zero-order chi connectivity index (χ0) is 18.1. The highest BCUT2D eigenvalue weighted by molar-refractivity contribution is 7.09. The van der Waals surface area contributed by atoms with Crippen molar-refractivity contribution in [3.8, 4) is 5.88 Å². The smallest absolute Gasteiger partial charge is 0.422 e. The van der Waals surface area contributed by atoms with Gasteiger partial charge >= 0.3 is 6.18 Å². The van der Waals surface area contributed by atoms with Gasteiger partial charge in [-0.3, -0.25) is 0 Å². The van der Waals surface area contributed by atoms with Gasteiger partial charge in [0.05, 0.1) is 13.1 Å². The topological polar surface area (TPSA) is 58.5 Å². The Morgan fingerprint density at radius 1 is 1.28 bits per heavy atom. The second-order valence-corrected chi connectivity index (χ2v) is 6.07. The minimum absolute atomic E-state index is 0.0622. The Labute approximate surface area is 148 Å². The summed E-state index contributed by atoms with van der Waals surface area (Å²) in [6.45, 7) is 2.36. The molecule has 0 saturated heterocycles. The number of aromatic nitrogens is 1. The van der Waals surface area contributed by atoms with Crippen LogP contribution in [-0.2, 0) is 13.1 Å². The number of nitrogens with zero attached hydrogens (tertiary/aromatic N) is 2. The molecule has 0 atom stereocenters. The Hall–Kier alpha value is -2.29.